The maximum Gasteiger partial charge on any atom is 0.247 e. The van der Waals surface area contributed by atoms with Crippen LogP contribution in [0.15, 0.2) is 59.5 Å². The van der Waals surface area contributed by atoms with Gasteiger partial charge in [-0.15, -0.1) is 11.3 Å². The fourth-order valence-corrected chi connectivity index (χ4v) is 4.91. The molecule has 1 atom stereocenters. The average molecular weight is 485 g/mol. The van der Waals surface area contributed by atoms with Crippen molar-refractivity contribution in [2.45, 2.75) is 91.9 Å². The number of thiophene rings is 1. The van der Waals surface area contributed by atoms with Crippen molar-refractivity contribution >= 4 is 23.2 Å². The monoisotopic (exact) mass is 484 g/mol. The number of carbonyl (C=O) groups is 2. The SMILES string of the molecule is C/C=C\C(=C(C)C)C(C(=O)NC1CCCCC1)N(Cc1cccs1)C(=O)Cn1ccnc1.CC. The molecule has 2 aromatic rings. The molecule has 1 unspecified atom stereocenters. The van der Waals surface area contributed by atoms with Crippen LogP contribution >= 0.6 is 11.3 Å². The first-order valence-electron chi connectivity index (χ1n) is 12.4. The van der Waals surface area contributed by atoms with Gasteiger partial charge in [-0.05, 0) is 50.6 Å². The Morgan fingerprint density at radius 3 is 2.56 bits per heavy atom. The molecular weight excluding hydrogens is 444 g/mol. The minimum Gasteiger partial charge on any atom is -0.351 e. The van der Waals surface area contributed by atoms with Gasteiger partial charge < -0.3 is 14.8 Å². The zero-order valence-electron chi connectivity index (χ0n) is 21.3. The normalized spacial score (nSPS) is 14.7. The second-order valence-electron chi connectivity index (χ2n) is 8.54. The van der Waals surface area contributed by atoms with E-state index in [2.05, 4.69) is 10.3 Å². The van der Waals surface area contributed by atoms with Crippen molar-refractivity contribution in [3.8, 4) is 0 Å². The summed E-state index contributed by atoms with van der Waals surface area (Å²) in [6, 6.07) is 3.48. The molecule has 186 valence electrons. The summed E-state index contributed by atoms with van der Waals surface area (Å²) >= 11 is 1.60. The molecule has 0 aromatic carbocycles. The van der Waals surface area contributed by atoms with E-state index in [0.29, 0.717) is 6.54 Å². The van der Waals surface area contributed by atoms with E-state index in [1.165, 1.54) is 6.42 Å². The van der Waals surface area contributed by atoms with Gasteiger partial charge in [-0.3, -0.25) is 9.59 Å². The van der Waals surface area contributed by atoms with Gasteiger partial charge in [0.1, 0.15) is 12.6 Å². The number of imidazole rings is 1. The van der Waals surface area contributed by atoms with E-state index in [9.17, 15) is 9.59 Å². The Morgan fingerprint density at radius 2 is 2.00 bits per heavy atom. The summed E-state index contributed by atoms with van der Waals surface area (Å²) < 4.78 is 1.75. The summed E-state index contributed by atoms with van der Waals surface area (Å²) in [5.41, 5.74) is 1.90. The van der Waals surface area contributed by atoms with Crippen molar-refractivity contribution in [2.75, 3.05) is 0 Å². The Morgan fingerprint density at radius 1 is 1.26 bits per heavy atom. The molecule has 0 saturated heterocycles. The van der Waals surface area contributed by atoms with Crippen molar-refractivity contribution in [3.63, 3.8) is 0 Å². The van der Waals surface area contributed by atoms with Gasteiger partial charge >= 0.3 is 0 Å². The highest BCUT2D eigenvalue weighted by Crippen LogP contribution is 2.24. The highest BCUT2D eigenvalue weighted by atomic mass is 32.1. The molecule has 1 N–H and O–H groups in total. The molecule has 34 heavy (non-hydrogen) atoms. The molecule has 2 amide bonds. The topological polar surface area (TPSA) is 67.2 Å². The van der Waals surface area contributed by atoms with Gasteiger partial charge in [0.2, 0.25) is 11.8 Å². The lowest BCUT2D eigenvalue weighted by atomic mass is 9.93. The van der Waals surface area contributed by atoms with E-state index in [1.54, 1.807) is 39.5 Å². The molecule has 0 bridgehead atoms. The Balaban J connectivity index is 0.00000199. The molecule has 7 heteroatoms. The molecule has 2 heterocycles. The van der Waals surface area contributed by atoms with Crippen molar-refractivity contribution < 1.29 is 9.59 Å². The van der Waals surface area contributed by atoms with Crippen LogP contribution < -0.4 is 5.32 Å². The van der Waals surface area contributed by atoms with Crippen LogP contribution in [0.5, 0.6) is 0 Å². The van der Waals surface area contributed by atoms with E-state index in [-0.39, 0.29) is 24.4 Å². The molecule has 1 aliphatic rings. The van der Waals surface area contributed by atoms with Crippen molar-refractivity contribution in [1.29, 1.82) is 0 Å². The molecule has 6 nitrogen and oxygen atoms in total. The second kappa shape index (κ2) is 14.6. The third-order valence-electron chi connectivity index (χ3n) is 5.83. The van der Waals surface area contributed by atoms with E-state index >= 15 is 0 Å². The van der Waals surface area contributed by atoms with E-state index in [4.69, 9.17) is 0 Å². The highest BCUT2D eigenvalue weighted by Gasteiger charge is 2.34. The summed E-state index contributed by atoms with van der Waals surface area (Å²) in [6.45, 7) is 10.5. The third kappa shape index (κ3) is 7.97. The lowest BCUT2D eigenvalue weighted by Gasteiger charge is -2.34. The van der Waals surface area contributed by atoms with Crippen LogP contribution in [0.25, 0.3) is 0 Å². The fraction of sp³-hybridized carbons (Fsp3) is 0.519. The van der Waals surface area contributed by atoms with Gasteiger partial charge in [0, 0.05) is 23.3 Å². The minimum absolute atomic E-state index is 0.0956. The first-order chi connectivity index (χ1) is 16.5. The fourth-order valence-electron chi connectivity index (χ4n) is 4.21. The molecule has 1 aliphatic carbocycles. The van der Waals surface area contributed by atoms with Gasteiger partial charge in [-0.2, -0.15) is 0 Å². The third-order valence-corrected chi connectivity index (χ3v) is 6.69. The number of amides is 2. The zero-order chi connectivity index (χ0) is 24.9. The van der Waals surface area contributed by atoms with Crippen LogP contribution in [0, 0.1) is 0 Å². The Labute approximate surface area is 208 Å². The molecular formula is C27H40N4O2S. The summed E-state index contributed by atoms with van der Waals surface area (Å²) in [5, 5.41) is 5.27. The standard InChI is InChI=1S/C25H34N4O2S.C2H6/c1-4-9-22(19(2)3)24(25(31)27-20-10-6-5-7-11-20)29(16-21-12-8-15-32-21)23(30)17-28-14-13-26-18-28;1-2/h4,8-9,12-15,18,20,24H,5-7,10-11,16-17H2,1-3H3,(H,27,31);1-2H3/b9-4-;. The second-order valence-corrected chi connectivity index (χ2v) is 9.57. The van der Waals surface area contributed by atoms with Crippen molar-refractivity contribution in [1.82, 2.24) is 19.8 Å². The highest BCUT2D eigenvalue weighted by molar-refractivity contribution is 7.09. The molecule has 1 fully saturated rings. The van der Waals surface area contributed by atoms with Crippen LogP contribution in [0.1, 0.15) is 71.6 Å². The van der Waals surface area contributed by atoms with Gasteiger partial charge in [-0.1, -0.05) is 56.9 Å². The summed E-state index contributed by atoms with van der Waals surface area (Å²) in [5.74, 6) is -0.204. The zero-order valence-corrected chi connectivity index (χ0v) is 22.1. The Bertz CT molecular complexity index is 922. The van der Waals surface area contributed by atoms with Gasteiger partial charge in [-0.25, -0.2) is 4.98 Å². The number of hydrogen-bond donors (Lipinski definition) is 1. The molecule has 0 radical (unpaired) electrons. The molecule has 0 aliphatic heterocycles. The largest absolute Gasteiger partial charge is 0.351 e. The maximum absolute atomic E-state index is 13.7. The quantitative estimate of drug-likeness (QED) is 0.462. The lowest BCUT2D eigenvalue weighted by molar-refractivity contribution is -0.140. The lowest BCUT2D eigenvalue weighted by Crippen LogP contribution is -2.53. The number of nitrogens with zero attached hydrogens (tertiary/aromatic N) is 3. The maximum atomic E-state index is 13.7. The van der Waals surface area contributed by atoms with Gasteiger partial charge in [0.15, 0.2) is 0 Å². The molecule has 3 rings (SSSR count). The number of aromatic nitrogens is 2. The predicted molar refractivity (Wildman–Crippen MR) is 140 cm³/mol. The van der Waals surface area contributed by atoms with Crippen LogP contribution in [0.3, 0.4) is 0 Å². The van der Waals surface area contributed by atoms with Crippen LogP contribution in [-0.2, 0) is 22.7 Å². The number of nitrogens with one attached hydrogen (secondary N) is 1. The average Bonchev–Trinajstić information content (AvgIpc) is 3.54. The summed E-state index contributed by atoms with van der Waals surface area (Å²) in [4.78, 5) is 34.1. The number of carbonyl (C=O) groups excluding carboxylic acids is 2. The number of hydrogen-bond acceptors (Lipinski definition) is 4. The Hall–Kier alpha value is -2.67. The predicted octanol–water partition coefficient (Wildman–Crippen LogP) is 5.73. The van der Waals surface area contributed by atoms with Crippen molar-refractivity contribution in [3.05, 3.63) is 64.4 Å². The van der Waals surface area contributed by atoms with Gasteiger partial charge in [0.25, 0.3) is 0 Å². The smallest absolute Gasteiger partial charge is 0.247 e. The molecule has 0 spiro atoms. The molecule has 2 aromatic heterocycles. The van der Waals surface area contributed by atoms with Crippen molar-refractivity contribution in [2.24, 2.45) is 0 Å². The van der Waals surface area contributed by atoms with Crippen LogP contribution in [0.2, 0.25) is 0 Å². The number of allylic oxidation sites excluding steroid dienone is 2. The van der Waals surface area contributed by atoms with Crippen LogP contribution in [0.4, 0.5) is 0 Å². The van der Waals surface area contributed by atoms with E-state index in [0.717, 1.165) is 41.7 Å². The summed E-state index contributed by atoms with van der Waals surface area (Å²) in [6.07, 6.45) is 14.5. The van der Waals surface area contributed by atoms with Gasteiger partial charge in [0.05, 0.1) is 12.9 Å². The van der Waals surface area contributed by atoms with Crippen LogP contribution in [-0.4, -0.2) is 38.3 Å². The molecule has 1 saturated carbocycles. The van der Waals surface area contributed by atoms with E-state index in [1.807, 2.05) is 64.3 Å². The van der Waals surface area contributed by atoms with E-state index < -0.39 is 6.04 Å². The summed E-state index contributed by atoms with van der Waals surface area (Å²) in [7, 11) is 0. The first-order valence-corrected chi connectivity index (χ1v) is 13.3. The Kier molecular flexibility index (Phi) is 11.8. The number of rotatable bonds is 9. The first kappa shape index (κ1) is 27.6. The minimum atomic E-state index is -0.684.